The second-order valence-electron chi connectivity index (χ2n) is 10.6. The third kappa shape index (κ3) is 5.44. The molecule has 0 saturated heterocycles. The highest BCUT2D eigenvalue weighted by molar-refractivity contribution is 7.26. The molecular weight excluding hydrogens is 612 g/mol. The fourth-order valence-electron chi connectivity index (χ4n) is 5.18. The molecule has 4 nitrogen and oxygen atoms in total. The molecule has 222 valence electrons. The van der Waals surface area contributed by atoms with E-state index in [-0.39, 0.29) is 11.1 Å². The number of ketones is 4. The summed E-state index contributed by atoms with van der Waals surface area (Å²) >= 11 is 3.00. The quantitative estimate of drug-likeness (QED) is 0.0809. The Balaban J connectivity index is 1.09. The molecule has 0 bridgehead atoms. The van der Waals surface area contributed by atoms with Gasteiger partial charge in [-0.25, -0.2) is 0 Å². The van der Waals surface area contributed by atoms with Crippen LogP contribution in [0.25, 0.3) is 40.3 Å². The van der Waals surface area contributed by atoms with Crippen LogP contribution < -0.4 is 0 Å². The van der Waals surface area contributed by atoms with E-state index in [9.17, 15) is 36.7 Å². The molecule has 4 aromatic carbocycles. The summed E-state index contributed by atoms with van der Waals surface area (Å²) in [6.07, 6.45) is -4.86. The smallest absolute Gasteiger partial charge is 0.299 e. The van der Waals surface area contributed by atoms with Gasteiger partial charge in [-0.2, -0.15) is 17.6 Å². The summed E-state index contributed by atoms with van der Waals surface area (Å²) in [7, 11) is 0. The molecule has 0 spiro atoms. The maximum Gasteiger partial charge on any atom is 0.367 e. The van der Waals surface area contributed by atoms with Gasteiger partial charge in [-0.15, -0.1) is 22.7 Å². The van der Waals surface area contributed by atoms with Crippen molar-refractivity contribution in [2.75, 3.05) is 0 Å². The number of benzene rings is 4. The lowest BCUT2D eigenvalue weighted by Crippen LogP contribution is -2.48. The van der Waals surface area contributed by atoms with E-state index in [4.69, 9.17) is 0 Å². The summed E-state index contributed by atoms with van der Waals surface area (Å²) in [5.74, 6) is -14.9. The molecular formula is C34H22F4O4S2. The molecule has 0 aliphatic heterocycles. The summed E-state index contributed by atoms with van der Waals surface area (Å²) in [5, 5.41) is 3.28. The second kappa shape index (κ2) is 11.3. The highest BCUT2D eigenvalue weighted by Gasteiger charge is 2.61. The summed E-state index contributed by atoms with van der Waals surface area (Å²) in [5.41, 5.74) is 0.157. The van der Waals surface area contributed by atoms with Gasteiger partial charge in [0.2, 0.25) is 5.78 Å². The predicted molar refractivity (Wildman–Crippen MR) is 166 cm³/mol. The monoisotopic (exact) mass is 634 g/mol. The van der Waals surface area contributed by atoms with E-state index in [2.05, 4.69) is 0 Å². The molecule has 6 aromatic rings. The minimum absolute atomic E-state index is 0.0455. The van der Waals surface area contributed by atoms with Gasteiger partial charge in [-0.05, 0) is 48.5 Å². The number of halogens is 4. The van der Waals surface area contributed by atoms with Gasteiger partial charge in [0.1, 0.15) is 5.78 Å². The fourth-order valence-corrected chi connectivity index (χ4v) is 7.36. The van der Waals surface area contributed by atoms with Gasteiger partial charge in [0, 0.05) is 64.3 Å². The van der Waals surface area contributed by atoms with Crippen molar-refractivity contribution in [2.45, 2.75) is 37.5 Å². The van der Waals surface area contributed by atoms with Crippen molar-refractivity contribution in [3.8, 4) is 0 Å². The number of alkyl halides is 4. The minimum atomic E-state index is -5.18. The fraction of sp³-hybridized carbons (Fsp3) is 0.176. The van der Waals surface area contributed by atoms with Crippen LogP contribution in [0.4, 0.5) is 17.6 Å². The molecule has 2 aromatic heterocycles. The number of rotatable bonds is 11. The van der Waals surface area contributed by atoms with Crippen molar-refractivity contribution < 1.29 is 36.7 Å². The molecule has 0 aliphatic carbocycles. The van der Waals surface area contributed by atoms with Crippen molar-refractivity contribution in [3.63, 3.8) is 0 Å². The maximum absolute atomic E-state index is 14.7. The second-order valence-corrected chi connectivity index (χ2v) is 12.7. The first-order valence-corrected chi connectivity index (χ1v) is 15.3. The van der Waals surface area contributed by atoms with Gasteiger partial charge in [0.15, 0.2) is 11.6 Å². The van der Waals surface area contributed by atoms with E-state index in [1.165, 1.54) is 40.9 Å². The first-order chi connectivity index (χ1) is 20.9. The van der Waals surface area contributed by atoms with E-state index < -0.39 is 60.7 Å². The Kier molecular flexibility index (Phi) is 7.67. The summed E-state index contributed by atoms with van der Waals surface area (Å²) in [6.45, 7) is 0. The first-order valence-electron chi connectivity index (χ1n) is 13.6. The molecule has 44 heavy (non-hydrogen) atoms. The van der Waals surface area contributed by atoms with Crippen LogP contribution in [0.1, 0.15) is 46.4 Å². The third-order valence-corrected chi connectivity index (χ3v) is 9.91. The Bertz CT molecular complexity index is 2130. The lowest BCUT2D eigenvalue weighted by Gasteiger charge is -2.25. The van der Waals surface area contributed by atoms with Crippen LogP contribution in [-0.2, 0) is 9.59 Å². The molecule has 0 radical (unpaired) electrons. The average Bonchev–Trinajstić information content (AvgIpc) is 3.57. The number of carbonyl (C=O) groups excluding carboxylic acids is 4. The SMILES string of the molecule is O=C(CCC(F)(F)C(F)(F)C(=O)CC(=O)c1ccc2sc3ccccc3c2c1)CC(=O)c1ccc2sc3ccccc3c2c1. The predicted octanol–water partition coefficient (Wildman–Crippen LogP) is 9.46. The van der Waals surface area contributed by atoms with Crippen LogP contribution in [0.3, 0.4) is 0 Å². The third-order valence-electron chi connectivity index (χ3n) is 7.60. The van der Waals surface area contributed by atoms with Crippen molar-refractivity contribution in [1.82, 2.24) is 0 Å². The van der Waals surface area contributed by atoms with Crippen molar-refractivity contribution in [1.29, 1.82) is 0 Å². The Morgan fingerprint density at radius 1 is 0.568 bits per heavy atom. The Morgan fingerprint density at radius 2 is 1.02 bits per heavy atom. The Morgan fingerprint density at radius 3 is 1.55 bits per heavy atom. The van der Waals surface area contributed by atoms with Crippen LogP contribution in [0.5, 0.6) is 0 Å². The molecule has 0 unspecified atom stereocenters. The molecule has 0 aliphatic rings. The van der Waals surface area contributed by atoms with Gasteiger partial charge in [0.05, 0.1) is 12.8 Å². The number of carbonyl (C=O) groups is 4. The normalized spacial score (nSPS) is 12.4. The zero-order valence-electron chi connectivity index (χ0n) is 22.9. The molecule has 0 saturated carbocycles. The number of hydrogen-bond donors (Lipinski definition) is 0. The van der Waals surface area contributed by atoms with Gasteiger partial charge >= 0.3 is 11.8 Å². The van der Waals surface area contributed by atoms with Gasteiger partial charge in [0.25, 0.3) is 0 Å². The van der Waals surface area contributed by atoms with E-state index in [0.29, 0.717) is 5.39 Å². The van der Waals surface area contributed by atoms with Crippen molar-refractivity contribution in [3.05, 3.63) is 96.1 Å². The molecule has 0 amide bonds. The zero-order chi connectivity index (χ0) is 31.2. The van der Waals surface area contributed by atoms with E-state index >= 15 is 0 Å². The number of Topliss-reactive ketones (excluding diaryl/α,β-unsaturated/α-hetero) is 4. The van der Waals surface area contributed by atoms with E-state index in [1.54, 1.807) is 24.3 Å². The molecule has 6 rings (SSSR count). The topological polar surface area (TPSA) is 68.3 Å². The molecule has 0 N–H and O–H groups in total. The average molecular weight is 635 g/mol. The van der Waals surface area contributed by atoms with Crippen LogP contribution in [0, 0.1) is 0 Å². The highest BCUT2D eigenvalue weighted by Crippen LogP contribution is 2.40. The number of hydrogen-bond acceptors (Lipinski definition) is 6. The summed E-state index contributed by atoms with van der Waals surface area (Å²) < 4.78 is 62.4. The molecule has 0 fully saturated rings. The van der Waals surface area contributed by atoms with Crippen LogP contribution in [0.15, 0.2) is 84.9 Å². The largest absolute Gasteiger partial charge is 0.367 e. The van der Waals surface area contributed by atoms with Crippen molar-refractivity contribution in [2.24, 2.45) is 0 Å². The zero-order valence-corrected chi connectivity index (χ0v) is 24.5. The van der Waals surface area contributed by atoms with E-state index in [1.807, 2.05) is 42.5 Å². The summed E-state index contributed by atoms with van der Waals surface area (Å²) in [4.78, 5) is 50.2. The maximum atomic E-state index is 14.7. The van der Waals surface area contributed by atoms with Crippen LogP contribution >= 0.6 is 22.7 Å². The molecule has 2 heterocycles. The molecule has 10 heteroatoms. The first kappa shape index (κ1) is 29.8. The minimum Gasteiger partial charge on any atom is -0.299 e. The van der Waals surface area contributed by atoms with Gasteiger partial charge in [-0.3, -0.25) is 19.2 Å². The van der Waals surface area contributed by atoms with E-state index in [0.717, 1.165) is 35.0 Å². The molecule has 0 atom stereocenters. The van der Waals surface area contributed by atoms with Crippen LogP contribution in [-0.4, -0.2) is 35.0 Å². The number of thiophene rings is 2. The lowest BCUT2D eigenvalue weighted by molar-refractivity contribution is -0.210. The van der Waals surface area contributed by atoms with Crippen molar-refractivity contribution >= 4 is 86.2 Å². The lowest BCUT2D eigenvalue weighted by atomic mass is 9.94. The van der Waals surface area contributed by atoms with Gasteiger partial charge < -0.3 is 0 Å². The van der Waals surface area contributed by atoms with Gasteiger partial charge in [-0.1, -0.05) is 36.4 Å². The number of fused-ring (bicyclic) bond motifs is 6. The Labute approximate surface area is 255 Å². The Hall–Kier alpha value is -4.28. The standard InChI is InChI=1S/C34H22F4O4S2/c35-33(36,14-13-21(39)17-26(40)19-9-11-30-24(15-19)22-5-1-3-7-28(22)43-30)34(37,38)32(42)18-27(41)20-10-12-31-25(16-20)23-6-2-4-8-29(23)44-31/h1-12,15-16H,13-14,17-18H2. The summed E-state index contributed by atoms with van der Waals surface area (Å²) in [6, 6.07) is 24.3. The van der Waals surface area contributed by atoms with Crippen LogP contribution in [0.2, 0.25) is 0 Å². The highest BCUT2D eigenvalue weighted by atomic mass is 32.1.